The van der Waals surface area contributed by atoms with E-state index in [9.17, 15) is 9.00 Å². The fourth-order valence-electron chi connectivity index (χ4n) is 1.42. The zero-order chi connectivity index (χ0) is 13.5. The van der Waals surface area contributed by atoms with Crippen molar-refractivity contribution >= 4 is 22.4 Å². The van der Waals surface area contributed by atoms with Crippen molar-refractivity contribution in [2.24, 2.45) is 0 Å². The van der Waals surface area contributed by atoms with Gasteiger partial charge in [-0.2, -0.15) is 0 Å². The number of nitrogens with two attached hydrogens (primary N) is 1. The lowest BCUT2D eigenvalue weighted by Gasteiger charge is -2.08. The summed E-state index contributed by atoms with van der Waals surface area (Å²) in [5, 5.41) is 2.66. The number of benzene rings is 1. The molecule has 1 rings (SSSR count). The summed E-state index contributed by atoms with van der Waals surface area (Å²) < 4.78 is 17.1. The molecule has 0 saturated heterocycles. The van der Waals surface area contributed by atoms with Crippen molar-refractivity contribution < 1.29 is 13.7 Å². The van der Waals surface area contributed by atoms with Crippen molar-refractivity contribution in [3.8, 4) is 5.75 Å². The van der Waals surface area contributed by atoms with E-state index in [0.717, 1.165) is 0 Å². The third-order valence-corrected chi connectivity index (χ3v) is 3.77. The minimum atomic E-state index is -1.30. The standard InChI is InChI=1S/C12H18N2O3S/c1-3-14-12(15)6-7-18(16)11-8-9(17-2)4-5-10(11)13/h4-5,8H,3,6-7,13H2,1-2H3,(H,14,15). The molecule has 0 aliphatic carbocycles. The quantitative estimate of drug-likeness (QED) is 0.753. The first-order chi connectivity index (χ1) is 8.58. The van der Waals surface area contributed by atoms with Crippen LogP contribution < -0.4 is 15.8 Å². The fraction of sp³-hybridized carbons (Fsp3) is 0.417. The van der Waals surface area contributed by atoms with Gasteiger partial charge in [0, 0.05) is 24.4 Å². The fourth-order valence-corrected chi connectivity index (χ4v) is 2.59. The minimum Gasteiger partial charge on any atom is -0.497 e. The Labute approximate surface area is 109 Å². The monoisotopic (exact) mass is 270 g/mol. The van der Waals surface area contributed by atoms with Gasteiger partial charge in [-0.05, 0) is 25.1 Å². The summed E-state index contributed by atoms with van der Waals surface area (Å²) >= 11 is 0. The Morgan fingerprint density at radius 2 is 2.22 bits per heavy atom. The molecule has 18 heavy (non-hydrogen) atoms. The zero-order valence-electron chi connectivity index (χ0n) is 10.6. The molecule has 1 atom stereocenters. The topological polar surface area (TPSA) is 81.4 Å². The first-order valence-electron chi connectivity index (χ1n) is 5.67. The van der Waals surface area contributed by atoms with Gasteiger partial charge in [-0.15, -0.1) is 0 Å². The highest BCUT2D eigenvalue weighted by Gasteiger charge is 2.11. The van der Waals surface area contributed by atoms with Gasteiger partial charge < -0.3 is 15.8 Å². The van der Waals surface area contributed by atoms with Crippen molar-refractivity contribution in [2.45, 2.75) is 18.2 Å². The van der Waals surface area contributed by atoms with E-state index in [-0.39, 0.29) is 18.1 Å². The SMILES string of the molecule is CCNC(=O)CCS(=O)c1cc(OC)ccc1N. The maximum Gasteiger partial charge on any atom is 0.220 e. The summed E-state index contributed by atoms with van der Waals surface area (Å²) in [5.74, 6) is 0.751. The van der Waals surface area contributed by atoms with E-state index >= 15 is 0 Å². The van der Waals surface area contributed by atoms with Gasteiger partial charge in [0.05, 0.1) is 22.8 Å². The molecule has 0 heterocycles. The maximum atomic E-state index is 12.0. The van der Waals surface area contributed by atoms with E-state index in [0.29, 0.717) is 22.9 Å². The average Bonchev–Trinajstić information content (AvgIpc) is 2.37. The highest BCUT2D eigenvalue weighted by Crippen LogP contribution is 2.23. The number of hydrogen-bond donors (Lipinski definition) is 2. The van der Waals surface area contributed by atoms with E-state index in [4.69, 9.17) is 10.5 Å². The Morgan fingerprint density at radius 1 is 1.50 bits per heavy atom. The molecule has 0 fully saturated rings. The van der Waals surface area contributed by atoms with Gasteiger partial charge in [0.2, 0.25) is 5.91 Å². The molecule has 6 heteroatoms. The van der Waals surface area contributed by atoms with Crippen molar-refractivity contribution in [1.82, 2.24) is 5.32 Å². The highest BCUT2D eigenvalue weighted by atomic mass is 32.2. The smallest absolute Gasteiger partial charge is 0.220 e. The van der Waals surface area contributed by atoms with Crippen LogP contribution in [0.2, 0.25) is 0 Å². The number of nitrogen functional groups attached to an aromatic ring is 1. The molecule has 0 spiro atoms. The first kappa shape index (κ1) is 14.5. The van der Waals surface area contributed by atoms with Crippen molar-refractivity contribution in [2.75, 3.05) is 25.1 Å². The van der Waals surface area contributed by atoms with Gasteiger partial charge >= 0.3 is 0 Å². The van der Waals surface area contributed by atoms with Gasteiger partial charge in [0.15, 0.2) is 0 Å². The summed E-state index contributed by atoms with van der Waals surface area (Å²) in [6.07, 6.45) is 0.219. The summed E-state index contributed by atoms with van der Waals surface area (Å²) in [6, 6.07) is 5.00. The summed E-state index contributed by atoms with van der Waals surface area (Å²) in [4.78, 5) is 11.8. The van der Waals surface area contributed by atoms with Crippen LogP contribution in [-0.2, 0) is 15.6 Å². The highest BCUT2D eigenvalue weighted by molar-refractivity contribution is 7.85. The van der Waals surface area contributed by atoms with Crippen LogP contribution in [0.25, 0.3) is 0 Å². The zero-order valence-corrected chi connectivity index (χ0v) is 11.4. The largest absolute Gasteiger partial charge is 0.497 e. The average molecular weight is 270 g/mol. The molecule has 3 N–H and O–H groups in total. The van der Waals surface area contributed by atoms with E-state index < -0.39 is 10.8 Å². The van der Waals surface area contributed by atoms with E-state index in [1.807, 2.05) is 6.92 Å². The van der Waals surface area contributed by atoms with Crippen molar-refractivity contribution in [3.63, 3.8) is 0 Å². The van der Waals surface area contributed by atoms with E-state index in [2.05, 4.69) is 5.32 Å². The number of amides is 1. The van der Waals surface area contributed by atoms with Crippen molar-refractivity contribution in [3.05, 3.63) is 18.2 Å². The third kappa shape index (κ3) is 4.03. The predicted octanol–water partition coefficient (Wildman–Crippen LogP) is 0.911. The molecular formula is C12H18N2O3S. The summed E-state index contributed by atoms with van der Waals surface area (Å²) in [6.45, 7) is 2.42. The second-order valence-corrected chi connectivity index (χ2v) is 5.20. The predicted molar refractivity (Wildman–Crippen MR) is 72.0 cm³/mol. The van der Waals surface area contributed by atoms with Crippen molar-refractivity contribution in [1.29, 1.82) is 0 Å². The molecule has 1 aromatic rings. The van der Waals surface area contributed by atoms with E-state index in [1.165, 1.54) is 7.11 Å². The lowest BCUT2D eigenvalue weighted by molar-refractivity contribution is -0.120. The molecule has 0 bridgehead atoms. The van der Waals surface area contributed by atoms with Gasteiger partial charge in [0.1, 0.15) is 5.75 Å². The van der Waals surface area contributed by atoms with Crippen LogP contribution in [0.1, 0.15) is 13.3 Å². The molecule has 1 amide bonds. The number of carbonyl (C=O) groups excluding carboxylic acids is 1. The molecule has 0 radical (unpaired) electrons. The number of nitrogens with one attached hydrogen (secondary N) is 1. The Morgan fingerprint density at radius 3 is 2.83 bits per heavy atom. The third-order valence-electron chi connectivity index (χ3n) is 2.35. The molecule has 0 aliphatic heterocycles. The van der Waals surface area contributed by atoms with Gasteiger partial charge in [-0.25, -0.2) is 0 Å². The molecule has 1 aromatic carbocycles. The molecule has 0 aliphatic rings. The normalized spacial score (nSPS) is 11.9. The van der Waals surface area contributed by atoms with Gasteiger partial charge in [-0.1, -0.05) is 0 Å². The second-order valence-electron chi connectivity index (χ2n) is 3.66. The molecule has 0 aromatic heterocycles. The minimum absolute atomic E-state index is 0.104. The van der Waals surface area contributed by atoms with Crippen LogP contribution >= 0.6 is 0 Å². The lowest BCUT2D eigenvalue weighted by Crippen LogP contribution is -2.24. The van der Waals surface area contributed by atoms with E-state index in [1.54, 1.807) is 18.2 Å². The Hall–Kier alpha value is -1.56. The number of anilines is 1. The van der Waals surface area contributed by atoms with Crippen LogP contribution in [0.5, 0.6) is 5.75 Å². The Bertz CT molecular complexity index is 449. The maximum absolute atomic E-state index is 12.0. The second kappa shape index (κ2) is 7.00. The summed E-state index contributed by atoms with van der Waals surface area (Å²) in [7, 11) is 0.238. The van der Waals surface area contributed by atoms with Gasteiger partial charge in [-0.3, -0.25) is 9.00 Å². The molecule has 100 valence electrons. The number of hydrogen-bond acceptors (Lipinski definition) is 4. The molecule has 1 unspecified atom stereocenters. The van der Waals surface area contributed by atoms with Crippen LogP contribution in [0, 0.1) is 0 Å². The lowest BCUT2D eigenvalue weighted by atomic mass is 10.3. The van der Waals surface area contributed by atoms with Crippen LogP contribution in [0.4, 0.5) is 5.69 Å². The Balaban J connectivity index is 2.69. The van der Waals surface area contributed by atoms with Crippen LogP contribution in [0.15, 0.2) is 23.1 Å². The molecule has 0 saturated carbocycles. The first-order valence-corrected chi connectivity index (χ1v) is 6.99. The van der Waals surface area contributed by atoms with Crippen LogP contribution in [0.3, 0.4) is 0 Å². The van der Waals surface area contributed by atoms with Gasteiger partial charge in [0.25, 0.3) is 0 Å². The molecular weight excluding hydrogens is 252 g/mol. The summed E-state index contributed by atoms with van der Waals surface area (Å²) in [5.41, 5.74) is 6.21. The Kier molecular flexibility index (Phi) is 5.64. The van der Waals surface area contributed by atoms with Crippen LogP contribution in [-0.4, -0.2) is 29.5 Å². The number of ether oxygens (including phenoxy) is 1. The number of carbonyl (C=O) groups is 1. The number of methoxy groups -OCH3 is 1. The number of rotatable bonds is 6. The molecule has 5 nitrogen and oxygen atoms in total.